The Balaban J connectivity index is 0.000000240. The van der Waals surface area contributed by atoms with Crippen LogP contribution in [0, 0.1) is 0 Å². The van der Waals surface area contributed by atoms with E-state index in [1.54, 1.807) is 36.7 Å². The summed E-state index contributed by atoms with van der Waals surface area (Å²) in [4.78, 5) is 11.4. The van der Waals surface area contributed by atoms with E-state index in [4.69, 9.17) is 0 Å². The van der Waals surface area contributed by atoms with E-state index in [1.165, 1.54) is 38.5 Å². The third-order valence-electron chi connectivity index (χ3n) is 6.16. The van der Waals surface area contributed by atoms with E-state index < -0.39 is 0 Å². The maximum atomic E-state index is 11.8. The molecular formula is C26H32N2O2S4Zn. The van der Waals surface area contributed by atoms with Gasteiger partial charge in [0.25, 0.3) is 0 Å². The van der Waals surface area contributed by atoms with Crippen LogP contribution >= 0.6 is 50.5 Å². The van der Waals surface area contributed by atoms with Gasteiger partial charge in [0.15, 0.2) is 0 Å². The first-order valence-electron chi connectivity index (χ1n) is 11.9. The summed E-state index contributed by atoms with van der Waals surface area (Å²) in [5, 5.41) is 23.6. The molecule has 0 radical (unpaired) electrons. The van der Waals surface area contributed by atoms with Crippen molar-refractivity contribution in [1.82, 2.24) is 0 Å². The fourth-order valence-electron chi connectivity index (χ4n) is 4.26. The second kappa shape index (κ2) is 15.6. The molecule has 0 atom stereocenters. The first kappa shape index (κ1) is 30.6. The smallest absolute Gasteiger partial charge is 0.871 e. The summed E-state index contributed by atoms with van der Waals surface area (Å²) in [5.41, 5.74) is 1.18. The molecule has 4 rings (SSSR count). The zero-order chi connectivity index (χ0) is 24.5. The van der Waals surface area contributed by atoms with Crippen molar-refractivity contribution < 1.29 is 29.7 Å². The summed E-state index contributed by atoms with van der Waals surface area (Å²) in [6.07, 6.45) is 15.5. The fourth-order valence-corrected chi connectivity index (χ4v) is 5.54. The second-order valence-electron chi connectivity index (χ2n) is 8.91. The quantitative estimate of drug-likeness (QED) is 0.193. The van der Waals surface area contributed by atoms with Crippen LogP contribution in [0.15, 0.2) is 53.8 Å². The first-order chi connectivity index (χ1) is 16.3. The topological polar surface area (TPSA) is 70.8 Å². The average molecular weight is 598 g/mol. The van der Waals surface area contributed by atoms with Crippen molar-refractivity contribution >= 4 is 62.9 Å². The van der Waals surface area contributed by atoms with Gasteiger partial charge in [0.05, 0.1) is 0 Å². The number of rotatable bonds is 4. The van der Waals surface area contributed by atoms with Gasteiger partial charge in [-0.05, 0) is 70.9 Å². The SMILES string of the molecule is [O-]c1c(S)cc(S)cc1C=NC1CCCCC1.[O-]c1c(S)cc(S)cc1C=NC1CCCCC1.[Zn+2]. The Kier molecular flexibility index (Phi) is 13.7. The molecule has 2 fully saturated rings. The van der Waals surface area contributed by atoms with Crippen LogP contribution in [0.25, 0.3) is 0 Å². The molecule has 0 N–H and O–H groups in total. The molecule has 2 saturated carbocycles. The Morgan fingerprint density at radius 3 is 1.29 bits per heavy atom. The minimum absolute atomic E-state index is 0. The summed E-state index contributed by atoms with van der Waals surface area (Å²) in [5.74, 6) is -0.128. The van der Waals surface area contributed by atoms with Crippen molar-refractivity contribution in [3.8, 4) is 11.5 Å². The third kappa shape index (κ3) is 10.00. The van der Waals surface area contributed by atoms with Gasteiger partial charge in [0.1, 0.15) is 0 Å². The number of benzene rings is 2. The Morgan fingerprint density at radius 1 is 0.600 bits per heavy atom. The zero-order valence-corrected chi connectivity index (χ0v) is 26.4. The van der Waals surface area contributed by atoms with Gasteiger partial charge in [-0.25, -0.2) is 0 Å². The van der Waals surface area contributed by atoms with Gasteiger partial charge in [0.2, 0.25) is 0 Å². The van der Waals surface area contributed by atoms with Crippen molar-refractivity contribution in [2.45, 2.75) is 95.9 Å². The van der Waals surface area contributed by atoms with Crippen LogP contribution in [0.5, 0.6) is 11.5 Å². The van der Waals surface area contributed by atoms with E-state index in [-0.39, 0.29) is 31.0 Å². The van der Waals surface area contributed by atoms with Crippen LogP contribution in [0.3, 0.4) is 0 Å². The molecule has 0 aromatic heterocycles. The molecule has 0 spiro atoms. The second-order valence-corrected chi connectivity index (χ2v) is 10.9. The molecule has 2 aromatic carbocycles. The number of nitrogens with zero attached hydrogens (tertiary/aromatic N) is 2. The van der Waals surface area contributed by atoms with Gasteiger partial charge in [-0.2, -0.15) is 0 Å². The minimum atomic E-state index is -0.0642. The number of aliphatic imine (C=N–C) groups is 2. The monoisotopic (exact) mass is 596 g/mol. The maximum absolute atomic E-state index is 11.8. The molecule has 0 aliphatic heterocycles. The van der Waals surface area contributed by atoms with E-state index in [0.29, 0.717) is 33.0 Å². The van der Waals surface area contributed by atoms with Crippen molar-refractivity contribution in [3.63, 3.8) is 0 Å². The summed E-state index contributed by atoms with van der Waals surface area (Å²) < 4.78 is 0. The van der Waals surface area contributed by atoms with Crippen LogP contribution in [-0.4, -0.2) is 24.5 Å². The van der Waals surface area contributed by atoms with Crippen LogP contribution in [0.2, 0.25) is 0 Å². The molecule has 2 aliphatic rings. The molecule has 9 heteroatoms. The van der Waals surface area contributed by atoms with E-state index in [2.05, 4.69) is 60.5 Å². The third-order valence-corrected chi connectivity index (χ3v) is 7.34. The predicted octanol–water partition coefficient (Wildman–Crippen LogP) is 6.18. The summed E-state index contributed by atoms with van der Waals surface area (Å²) >= 11 is 16.8. The van der Waals surface area contributed by atoms with Crippen molar-refractivity contribution in [3.05, 3.63) is 35.4 Å². The van der Waals surface area contributed by atoms with Gasteiger partial charge >= 0.3 is 19.5 Å². The van der Waals surface area contributed by atoms with Gasteiger partial charge in [-0.1, -0.05) is 50.0 Å². The van der Waals surface area contributed by atoms with E-state index >= 15 is 0 Å². The van der Waals surface area contributed by atoms with Crippen LogP contribution < -0.4 is 10.2 Å². The van der Waals surface area contributed by atoms with Gasteiger partial charge in [-0.15, -0.1) is 50.5 Å². The normalized spacial score (nSPS) is 17.3. The Hall–Kier alpha value is -0.597. The van der Waals surface area contributed by atoms with Gasteiger partial charge < -0.3 is 10.2 Å². The van der Waals surface area contributed by atoms with Gasteiger partial charge in [0, 0.05) is 34.3 Å². The standard InChI is InChI=1S/2C13H17NOS2.Zn/c2*15-13-9(6-11(16)7-12(13)17)8-14-10-4-2-1-3-5-10;/h2*6-8,10,15-17H,1-5H2;/q;;+2/p-2. The van der Waals surface area contributed by atoms with Crippen molar-refractivity contribution in [2.75, 3.05) is 0 Å². The molecule has 0 heterocycles. The molecular weight excluding hydrogens is 566 g/mol. The zero-order valence-electron chi connectivity index (χ0n) is 19.9. The van der Waals surface area contributed by atoms with Crippen LogP contribution in [-0.2, 0) is 19.5 Å². The van der Waals surface area contributed by atoms with Crippen molar-refractivity contribution in [2.24, 2.45) is 9.98 Å². The van der Waals surface area contributed by atoms with Crippen molar-refractivity contribution in [1.29, 1.82) is 0 Å². The van der Waals surface area contributed by atoms with Crippen LogP contribution in [0.4, 0.5) is 0 Å². The van der Waals surface area contributed by atoms with Crippen LogP contribution in [0.1, 0.15) is 75.3 Å². The molecule has 0 saturated heterocycles. The van der Waals surface area contributed by atoms with E-state index in [9.17, 15) is 10.2 Å². The van der Waals surface area contributed by atoms with Gasteiger partial charge in [-0.3, -0.25) is 9.98 Å². The molecule has 0 bridgehead atoms. The molecule has 2 aromatic rings. The van der Waals surface area contributed by atoms with E-state index in [0.717, 1.165) is 35.5 Å². The average Bonchev–Trinajstić information content (AvgIpc) is 2.83. The Morgan fingerprint density at radius 2 is 0.943 bits per heavy atom. The number of hydrogen-bond donors (Lipinski definition) is 4. The molecule has 184 valence electrons. The summed E-state index contributed by atoms with van der Waals surface area (Å²) in [6.45, 7) is 0. The molecule has 4 nitrogen and oxygen atoms in total. The minimum Gasteiger partial charge on any atom is -0.871 e. The first-order valence-corrected chi connectivity index (χ1v) is 13.6. The molecule has 2 aliphatic carbocycles. The number of thiol groups is 4. The predicted molar refractivity (Wildman–Crippen MR) is 150 cm³/mol. The Labute approximate surface area is 243 Å². The Bertz CT molecular complexity index is 939. The molecule has 0 amide bonds. The fraction of sp³-hybridized carbons (Fsp3) is 0.462. The molecule has 0 unspecified atom stereocenters. The number of hydrogen-bond acceptors (Lipinski definition) is 8. The molecule has 35 heavy (non-hydrogen) atoms. The maximum Gasteiger partial charge on any atom is 2.00 e. The summed E-state index contributed by atoms with van der Waals surface area (Å²) in [7, 11) is 0. The van der Waals surface area contributed by atoms with E-state index in [1.807, 2.05) is 0 Å². The largest absolute Gasteiger partial charge is 2.00 e. The summed E-state index contributed by atoms with van der Waals surface area (Å²) in [6, 6.07) is 7.58.